The molecule has 0 aromatic heterocycles. The first kappa shape index (κ1) is 31.9. The smallest absolute Gasteiger partial charge is 0.188 e. The molecule has 7 heteroatoms. The van der Waals surface area contributed by atoms with Crippen LogP contribution in [0, 0.1) is 0 Å². The number of thiocarbonyl (C=S) groups is 2. The molecule has 0 aliphatic carbocycles. The van der Waals surface area contributed by atoms with Crippen molar-refractivity contribution in [2.24, 2.45) is 0 Å². The quantitative estimate of drug-likeness (QED) is 0.0780. The molecule has 0 spiro atoms. The summed E-state index contributed by atoms with van der Waals surface area (Å²) in [7, 11) is -0.243. The van der Waals surface area contributed by atoms with Crippen molar-refractivity contribution in [3.8, 4) is 0 Å². The fourth-order valence-electron chi connectivity index (χ4n) is 9.54. The molecular weight excluding hydrogens is 705 g/mol. The SMILES string of the molecule is S=C1N2CCCN3C(=S)N(CCCCc4ccc5ccc6cccc7ccc4c5c67)S(=C23)N1CCCCc1ccc2ccc3cccc4ccc1c2c34. The molecule has 8 aromatic carbocycles. The molecule has 3 heterocycles. The van der Waals surface area contributed by atoms with Crippen LogP contribution in [0.1, 0.15) is 43.2 Å². The van der Waals surface area contributed by atoms with E-state index in [0.29, 0.717) is 0 Å². The Balaban J connectivity index is 0.796. The minimum absolute atomic E-state index is 0.243. The molecule has 11 rings (SSSR count). The third kappa shape index (κ3) is 4.90. The molecule has 0 bridgehead atoms. The Morgan fingerprint density at radius 1 is 0.453 bits per heavy atom. The average molecular weight is 745 g/mol. The second-order valence-electron chi connectivity index (χ2n) is 15.0. The summed E-state index contributed by atoms with van der Waals surface area (Å²) in [6.45, 7) is 3.92. The van der Waals surface area contributed by atoms with Crippen LogP contribution in [0.15, 0.2) is 109 Å². The van der Waals surface area contributed by atoms with Crippen LogP contribution in [0.3, 0.4) is 0 Å². The summed E-state index contributed by atoms with van der Waals surface area (Å²) < 4.78 is 5.04. The van der Waals surface area contributed by atoms with Gasteiger partial charge < -0.3 is 0 Å². The minimum atomic E-state index is -0.243. The Bertz CT molecular complexity index is 2590. The molecule has 8 aromatic rings. The summed E-state index contributed by atoms with van der Waals surface area (Å²) in [6, 6.07) is 41.1. The summed E-state index contributed by atoms with van der Waals surface area (Å²) in [6.07, 6.45) is 7.68. The topological polar surface area (TPSA) is 13.0 Å². The maximum absolute atomic E-state index is 6.21. The first-order chi connectivity index (χ1) is 26.1. The molecule has 262 valence electrons. The number of hydrogen-bond donors (Lipinski definition) is 0. The molecule has 0 saturated carbocycles. The summed E-state index contributed by atoms with van der Waals surface area (Å²) in [5.41, 5.74) is 2.90. The predicted octanol–water partition coefficient (Wildman–Crippen LogP) is 11.2. The zero-order valence-electron chi connectivity index (χ0n) is 29.7. The molecule has 0 amide bonds. The maximum atomic E-state index is 6.21. The monoisotopic (exact) mass is 744 g/mol. The molecular formula is C46H40N4S3. The van der Waals surface area contributed by atoms with E-state index in [0.717, 1.165) is 81.3 Å². The van der Waals surface area contributed by atoms with E-state index in [2.05, 4.69) is 128 Å². The zero-order chi connectivity index (χ0) is 35.2. The van der Waals surface area contributed by atoms with Crippen LogP contribution in [0.5, 0.6) is 0 Å². The van der Waals surface area contributed by atoms with Gasteiger partial charge in [-0.05, 0) is 145 Å². The molecule has 3 aliphatic rings. The molecule has 0 atom stereocenters. The van der Waals surface area contributed by atoms with Crippen LogP contribution in [0.2, 0.25) is 0 Å². The number of unbranched alkanes of at least 4 members (excludes halogenated alkanes) is 2. The predicted molar refractivity (Wildman–Crippen MR) is 235 cm³/mol. The van der Waals surface area contributed by atoms with Crippen molar-refractivity contribution in [1.29, 1.82) is 0 Å². The number of benzene rings is 8. The van der Waals surface area contributed by atoms with Crippen molar-refractivity contribution in [2.75, 3.05) is 26.2 Å². The highest BCUT2D eigenvalue weighted by Gasteiger charge is 2.48. The van der Waals surface area contributed by atoms with E-state index in [4.69, 9.17) is 24.4 Å². The van der Waals surface area contributed by atoms with Gasteiger partial charge in [-0.1, -0.05) is 109 Å². The van der Waals surface area contributed by atoms with E-state index < -0.39 is 0 Å². The normalized spacial score (nSPS) is 16.5. The Hall–Kier alpha value is -4.56. The highest BCUT2D eigenvalue weighted by Crippen LogP contribution is 2.45. The van der Waals surface area contributed by atoms with Crippen molar-refractivity contribution >= 4 is 115 Å². The molecule has 0 radical (unpaired) electrons. The van der Waals surface area contributed by atoms with E-state index in [1.165, 1.54) is 80.9 Å². The van der Waals surface area contributed by atoms with Gasteiger partial charge in [-0.2, -0.15) is 0 Å². The van der Waals surface area contributed by atoms with Gasteiger partial charge in [0.05, 0.1) is 10.9 Å². The van der Waals surface area contributed by atoms with E-state index in [1.807, 2.05) is 0 Å². The van der Waals surface area contributed by atoms with E-state index in [-0.39, 0.29) is 10.9 Å². The molecule has 53 heavy (non-hydrogen) atoms. The third-order valence-corrected chi connectivity index (χ3v) is 15.5. The van der Waals surface area contributed by atoms with Crippen molar-refractivity contribution in [2.45, 2.75) is 44.9 Å². The summed E-state index contributed by atoms with van der Waals surface area (Å²) >= 11 is 12.4. The first-order valence-electron chi connectivity index (χ1n) is 19.2. The molecule has 0 N–H and O–H groups in total. The summed E-state index contributed by atoms with van der Waals surface area (Å²) in [4.78, 5) is 4.81. The van der Waals surface area contributed by atoms with Crippen LogP contribution in [0.25, 0.3) is 64.6 Å². The van der Waals surface area contributed by atoms with Gasteiger partial charge in [-0.3, -0.25) is 18.4 Å². The van der Waals surface area contributed by atoms with Crippen molar-refractivity contribution in [3.63, 3.8) is 0 Å². The van der Waals surface area contributed by atoms with Crippen LogP contribution in [-0.2, 0) is 12.8 Å². The van der Waals surface area contributed by atoms with Gasteiger partial charge >= 0.3 is 0 Å². The summed E-state index contributed by atoms with van der Waals surface area (Å²) in [5, 5.41) is 19.8. The number of rotatable bonds is 10. The van der Waals surface area contributed by atoms with Gasteiger partial charge in [0.15, 0.2) is 15.3 Å². The van der Waals surface area contributed by atoms with E-state index in [1.54, 1.807) is 0 Å². The number of hydrogen-bond acceptors (Lipinski definition) is 2. The van der Waals surface area contributed by atoms with Crippen molar-refractivity contribution < 1.29 is 0 Å². The zero-order valence-corrected chi connectivity index (χ0v) is 32.1. The Labute approximate surface area is 323 Å². The molecule has 1 saturated heterocycles. The minimum Gasteiger partial charge on any atom is -0.296 e. The standard InChI is InChI=1S/C46H40N4S3/c51-44-47-26-7-27-48-45(52)50(29-4-2-9-31-15-17-37-21-19-33-11-6-13-35-23-25-39(31)43(37)41(33)35)53(46(47)48)49(44)28-3-1-8-30-14-16-36-20-18-32-10-5-12-34-22-24-38(30)42(36)40(32)34/h5-6,10-25H,1-4,7-9,26-29H2. The largest absolute Gasteiger partial charge is 0.296 e. The van der Waals surface area contributed by atoms with Gasteiger partial charge in [0.25, 0.3) is 0 Å². The van der Waals surface area contributed by atoms with Gasteiger partial charge in [0.1, 0.15) is 0 Å². The van der Waals surface area contributed by atoms with Crippen LogP contribution in [-0.4, -0.2) is 59.9 Å². The number of aryl methyl sites for hydroxylation is 2. The molecule has 4 nitrogen and oxygen atoms in total. The average Bonchev–Trinajstić information content (AvgIpc) is 3.64. The Morgan fingerprint density at radius 3 is 1.30 bits per heavy atom. The van der Waals surface area contributed by atoms with Gasteiger partial charge in [-0.15, -0.1) is 0 Å². The van der Waals surface area contributed by atoms with Crippen molar-refractivity contribution in [3.05, 3.63) is 120 Å². The van der Waals surface area contributed by atoms with Gasteiger partial charge in [0, 0.05) is 26.2 Å². The lowest BCUT2D eigenvalue weighted by molar-refractivity contribution is 0.389. The van der Waals surface area contributed by atoms with E-state index in [9.17, 15) is 0 Å². The van der Waals surface area contributed by atoms with Crippen LogP contribution in [0.4, 0.5) is 0 Å². The first-order valence-corrected chi connectivity index (χ1v) is 21.2. The van der Waals surface area contributed by atoms with E-state index >= 15 is 0 Å². The highest BCUT2D eigenvalue weighted by atomic mass is 32.2. The highest BCUT2D eigenvalue weighted by molar-refractivity contribution is 8.14. The molecule has 3 aliphatic heterocycles. The second-order valence-corrected chi connectivity index (χ2v) is 17.6. The summed E-state index contributed by atoms with van der Waals surface area (Å²) in [5.74, 6) is 0. The fourth-order valence-corrected chi connectivity index (χ4v) is 13.1. The fraction of sp³-hybridized carbons (Fsp3) is 0.239. The third-order valence-electron chi connectivity index (χ3n) is 12.0. The van der Waals surface area contributed by atoms with Gasteiger partial charge in [0.2, 0.25) is 0 Å². The Kier molecular flexibility index (Phi) is 7.53. The van der Waals surface area contributed by atoms with Crippen molar-refractivity contribution in [1.82, 2.24) is 18.4 Å². The van der Waals surface area contributed by atoms with Crippen LogP contribution < -0.4 is 0 Å². The Morgan fingerprint density at radius 2 is 0.849 bits per heavy atom. The lowest BCUT2D eigenvalue weighted by Gasteiger charge is -2.37. The molecule has 0 unspecified atom stereocenters. The molecule has 1 fully saturated rings. The lowest BCUT2D eigenvalue weighted by Crippen LogP contribution is -2.52. The number of nitrogens with zero attached hydrogens (tertiary/aromatic N) is 4. The maximum Gasteiger partial charge on any atom is 0.188 e. The second kappa shape index (κ2) is 12.5. The lowest BCUT2D eigenvalue weighted by atomic mass is 9.90. The van der Waals surface area contributed by atoms with Gasteiger partial charge in [-0.25, -0.2) is 0 Å². The van der Waals surface area contributed by atoms with Crippen LogP contribution >= 0.6 is 35.3 Å².